The number of thiophene rings is 1. The molecule has 0 amide bonds. The summed E-state index contributed by atoms with van der Waals surface area (Å²) in [4.78, 5) is 15.2. The van der Waals surface area contributed by atoms with E-state index >= 15 is 0 Å². The van der Waals surface area contributed by atoms with Crippen LogP contribution < -0.4 is 0 Å². The van der Waals surface area contributed by atoms with Gasteiger partial charge in [0.2, 0.25) is 0 Å². The fraction of sp³-hybridized carbons (Fsp3) is 0. The van der Waals surface area contributed by atoms with Crippen molar-refractivity contribution in [1.82, 2.24) is 15.0 Å². The molecule has 0 saturated carbocycles. The zero-order valence-corrected chi connectivity index (χ0v) is 27.3. The number of aromatic nitrogens is 3. The molecule has 2 heterocycles. The molecule has 0 fully saturated rings. The van der Waals surface area contributed by atoms with E-state index < -0.39 is 0 Å². The second kappa shape index (κ2) is 12.4. The van der Waals surface area contributed by atoms with Crippen LogP contribution in [-0.2, 0) is 0 Å². The van der Waals surface area contributed by atoms with E-state index in [9.17, 15) is 0 Å². The van der Waals surface area contributed by atoms with Crippen molar-refractivity contribution in [3.05, 3.63) is 176 Å². The molecule has 4 heteroatoms. The molecule has 2 aromatic heterocycles. The Kier molecular flexibility index (Phi) is 7.34. The highest BCUT2D eigenvalue weighted by molar-refractivity contribution is 7.26. The molecule has 9 aromatic rings. The van der Waals surface area contributed by atoms with Crippen LogP contribution in [0, 0.1) is 0 Å². The van der Waals surface area contributed by atoms with Crippen LogP contribution in [0.1, 0.15) is 0 Å². The van der Waals surface area contributed by atoms with Crippen molar-refractivity contribution in [2.75, 3.05) is 0 Å². The van der Waals surface area contributed by atoms with Gasteiger partial charge in [-0.1, -0.05) is 158 Å². The maximum atomic E-state index is 5.11. The highest BCUT2D eigenvalue weighted by atomic mass is 32.1. The van der Waals surface area contributed by atoms with Crippen LogP contribution in [-0.4, -0.2) is 15.0 Å². The van der Waals surface area contributed by atoms with E-state index in [1.54, 1.807) is 0 Å². The Hall–Kier alpha value is -6.23. The zero-order chi connectivity index (χ0) is 32.6. The van der Waals surface area contributed by atoms with Crippen LogP contribution in [0.3, 0.4) is 0 Å². The summed E-state index contributed by atoms with van der Waals surface area (Å²) in [7, 11) is 0. The van der Waals surface area contributed by atoms with Crippen molar-refractivity contribution < 1.29 is 0 Å². The Morgan fingerprint density at radius 3 is 1.33 bits per heavy atom. The third kappa shape index (κ3) is 5.38. The molecular formula is C45H29N3S. The molecular weight excluding hydrogens is 615 g/mol. The van der Waals surface area contributed by atoms with Crippen LogP contribution >= 0.6 is 11.3 Å². The first-order chi connectivity index (χ1) is 24.3. The maximum Gasteiger partial charge on any atom is 0.164 e. The second-order valence-electron chi connectivity index (χ2n) is 12.0. The minimum absolute atomic E-state index is 0.649. The van der Waals surface area contributed by atoms with Gasteiger partial charge in [-0.3, -0.25) is 0 Å². The average molecular weight is 644 g/mol. The van der Waals surface area contributed by atoms with Gasteiger partial charge < -0.3 is 0 Å². The second-order valence-corrected chi connectivity index (χ2v) is 13.1. The fourth-order valence-electron chi connectivity index (χ4n) is 6.67. The van der Waals surface area contributed by atoms with Gasteiger partial charge in [-0.05, 0) is 51.6 Å². The standard InChI is InChI=1S/C45H29N3S/c1-4-16-30(17-5-1)34-22-10-11-23-35(34)36-24-12-13-25-37(36)39-28-33(29-41-42(39)38-26-14-15-27-40(38)49-41)45-47-43(31-18-6-2-7-19-31)46-44(48-45)32-20-8-3-9-21-32/h1-29H. The van der Waals surface area contributed by atoms with Gasteiger partial charge in [0.15, 0.2) is 17.5 Å². The lowest BCUT2D eigenvalue weighted by Crippen LogP contribution is -2.00. The van der Waals surface area contributed by atoms with Gasteiger partial charge in [0.25, 0.3) is 0 Å². The van der Waals surface area contributed by atoms with Gasteiger partial charge in [-0.2, -0.15) is 0 Å². The largest absolute Gasteiger partial charge is 0.208 e. The Balaban J connectivity index is 1.32. The van der Waals surface area contributed by atoms with E-state index in [4.69, 9.17) is 15.0 Å². The SMILES string of the molecule is c1ccc(-c2nc(-c3ccccc3)nc(-c3cc(-c4ccccc4-c4ccccc4-c4ccccc4)c4c(c3)sc3ccccc34)n2)cc1. The summed E-state index contributed by atoms with van der Waals surface area (Å²) in [5, 5.41) is 2.50. The Bertz CT molecular complexity index is 2540. The molecule has 230 valence electrons. The highest BCUT2D eigenvalue weighted by Crippen LogP contribution is 2.46. The molecule has 3 nitrogen and oxygen atoms in total. The molecule has 0 radical (unpaired) electrons. The molecule has 0 atom stereocenters. The van der Waals surface area contributed by atoms with Crippen LogP contribution in [0.25, 0.3) is 87.7 Å². The third-order valence-corrected chi connectivity index (χ3v) is 10.1. The monoisotopic (exact) mass is 643 g/mol. The van der Waals surface area contributed by atoms with Gasteiger partial charge in [-0.15, -0.1) is 11.3 Å². The molecule has 0 saturated heterocycles. The zero-order valence-electron chi connectivity index (χ0n) is 26.5. The van der Waals surface area contributed by atoms with E-state index in [0.717, 1.165) is 22.3 Å². The molecule has 0 N–H and O–H groups in total. The quantitative estimate of drug-likeness (QED) is 0.181. The van der Waals surface area contributed by atoms with E-state index in [-0.39, 0.29) is 0 Å². The number of hydrogen-bond acceptors (Lipinski definition) is 4. The first-order valence-corrected chi connectivity index (χ1v) is 17.2. The number of rotatable bonds is 6. The van der Waals surface area contributed by atoms with Crippen LogP contribution in [0.5, 0.6) is 0 Å². The van der Waals surface area contributed by atoms with Crippen LogP contribution in [0.2, 0.25) is 0 Å². The molecule has 49 heavy (non-hydrogen) atoms. The number of benzene rings is 7. The van der Waals surface area contributed by atoms with E-state index in [1.165, 1.54) is 48.0 Å². The summed E-state index contributed by atoms with van der Waals surface area (Å²) in [6.45, 7) is 0. The minimum Gasteiger partial charge on any atom is -0.208 e. The summed E-state index contributed by atoms with van der Waals surface area (Å²) in [6.07, 6.45) is 0. The molecule has 0 spiro atoms. The molecule has 9 rings (SSSR count). The molecule has 0 aliphatic heterocycles. The van der Waals surface area contributed by atoms with Gasteiger partial charge >= 0.3 is 0 Å². The Morgan fingerprint density at radius 1 is 0.306 bits per heavy atom. The number of nitrogens with zero attached hydrogens (tertiary/aromatic N) is 3. The lowest BCUT2D eigenvalue weighted by atomic mass is 9.87. The minimum atomic E-state index is 0.649. The van der Waals surface area contributed by atoms with Gasteiger partial charge in [-0.25, -0.2) is 15.0 Å². The maximum absolute atomic E-state index is 5.11. The smallest absolute Gasteiger partial charge is 0.164 e. The van der Waals surface area contributed by atoms with E-state index in [0.29, 0.717) is 17.5 Å². The Labute approximate surface area is 288 Å². The topological polar surface area (TPSA) is 38.7 Å². The van der Waals surface area contributed by atoms with Crippen molar-refractivity contribution in [2.24, 2.45) is 0 Å². The van der Waals surface area contributed by atoms with Crippen molar-refractivity contribution in [3.8, 4) is 67.5 Å². The average Bonchev–Trinajstić information content (AvgIpc) is 3.57. The van der Waals surface area contributed by atoms with Gasteiger partial charge in [0.1, 0.15) is 0 Å². The predicted octanol–water partition coefficient (Wildman–Crippen LogP) is 12.2. The molecule has 0 aliphatic carbocycles. The van der Waals surface area contributed by atoms with Gasteiger partial charge in [0, 0.05) is 36.9 Å². The normalized spacial score (nSPS) is 11.3. The molecule has 0 bridgehead atoms. The van der Waals surface area contributed by atoms with Crippen LogP contribution in [0.15, 0.2) is 176 Å². The molecule has 0 unspecified atom stereocenters. The summed E-state index contributed by atoms with van der Waals surface area (Å²) in [5.41, 5.74) is 9.96. The molecule has 7 aromatic carbocycles. The van der Waals surface area contributed by atoms with Crippen molar-refractivity contribution in [3.63, 3.8) is 0 Å². The number of fused-ring (bicyclic) bond motifs is 3. The van der Waals surface area contributed by atoms with Crippen LogP contribution in [0.4, 0.5) is 0 Å². The lowest BCUT2D eigenvalue weighted by Gasteiger charge is -2.16. The summed E-state index contributed by atoms with van der Waals surface area (Å²) < 4.78 is 2.45. The van der Waals surface area contributed by atoms with Crippen molar-refractivity contribution in [2.45, 2.75) is 0 Å². The van der Waals surface area contributed by atoms with Crippen molar-refractivity contribution in [1.29, 1.82) is 0 Å². The van der Waals surface area contributed by atoms with E-state index in [1.807, 2.05) is 47.7 Å². The summed E-state index contributed by atoms with van der Waals surface area (Å²) in [6, 6.07) is 61.7. The van der Waals surface area contributed by atoms with Gasteiger partial charge in [0.05, 0.1) is 0 Å². The first-order valence-electron chi connectivity index (χ1n) is 16.4. The summed E-state index contributed by atoms with van der Waals surface area (Å²) in [5.74, 6) is 1.95. The van der Waals surface area contributed by atoms with Crippen molar-refractivity contribution >= 4 is 31.5 Å². The Morgan fingerprint density at radius 2 is 0.735 bits per heavy atom. The summed E-state index contributed by atoms with van der Waals surface area (Å²) >= 11 is 1.81. The highest BCUT2D eigenvalue weighted by Gasteiger charge is 2.20. The first kappa shape index (κ1) is 29.0. The fourth-order valence-corrected chi connectivity index (χ4v) is 7.85. The molecule has 0 aliphatic rings. The third-order valence-electron chi connectivity index (χ3n) is 8.96. The number of hydrogen-bond donors (Lipinski definition) is 0. The van der Waals surface area contributed by atoms with E-state index in [2.05, 4.69) is 140 Å². The lowest BCUT2D eigenvalue weighted by molar-refractivity contribution is 1.07. The predicted molar refractivity (Wildman–Crippen MR) is 205 cm³/mol.